The number of amides is 1. The van der Waals surface area contributed by atoms with Gasteiger partial charge >= 0.3 is 0 Å². The Morgan fingerprint density at radius 1 is 1.53 bits per heavy atom. The van der Waals surface area contributed by atoms with Crippen LogP contribution in [0.4, 0.5) is 0 Å². The van der Waals surface area contributed by atoms with Gasteiger partial charge in [0, 0.05) is 22.7 Å². The Morgan fingerprint density at radius 2 is 2.32 bits per heavy atom. The van der Waals surface area contributed by atoms with Gasteiger partial charge in [-0.1, -0.05) is 18.6 Å². The van der Waals surface area contributed by atoms with Gasteiger partial charge < -0.3 is 10.2 Å². The van der Waals surface area contributed by atoms with Gasteiger partial charge in [-0.3, -0.25) is 4.79 Å². The second-order valence-electron chi connectivity index (χ2n) is 5.13. The van der Waals surface area contributed by atoms with Crippen LogP contribution in [-0.2, 0) is 0 Å². The smallest absolute Gasteiger partial charge is 0.255 e. The minimum absolute atomic E-state index is 0.184. The first-order chi connectivity index (χ1) is 9.13. The second-order valence-corrected chi connectivity index (χ2v) is 6.29. The Balaban J connectivity index is 2.25. The summed E-state index contributed by atoms with van der Waals surface area (Å²) in [5, 5.41) is 3.35. The molecule has 1 aromatic rings. The zero-order chi connectivity index (χ0) is 13.8. The number of benzene rings is 1. The van der Waals surface area contributed by atoms with Crippen molar-refractivity contribution >= 4 is 28.5 Å². The number of rotatable bonds is 4. The number of nitrogens with one attached hydrogen (secondary N) is 1. The number of aryl methyl sites for hydroxylation is 1. The van der Waals surface area contributed by atoms with Gasteiger partial charge in [-0.2, -0.15) is 0 Å². The summed E-state index contributed by atoms with van der Waals surface area (Å²) in [6.45, 7) is 6.95. The molecule has 0 radical (unpaired) electrons. The van der Waals surface area contributed by atoms with Gasteiger partial charge in [-0.25, -0.2) is 0 Å². The van der Waals surface area contributed by atoms with Crippen LogP contribution < -0.4 is 5.32 Å². The Kier molecular flexibility index (Phi) is 5.21. The monoisotopic (exact) mass is 372 g/mol. The van der Waals surface area contributed by atoms with Crippen LogP contribution >= 0.6 is 22.6 Å². The lowest BCUT2D eigenvalue weighted by molar-refractivity contribution is 0.0691. The van der Waals surface area contributed by atoms with Gasteiger partial charge in [0.15, 0.2) is 0 Å². The van der Waals surface area contributed by atoms with Crippen LogP contribution in [0.2, 0.25) is 0 Å². The Labute approximate surface area is 128 Å². The van der Waals surface area contributed by atoms with E-state index in [1.807, 2.05) is 19.1 Å². The maximum atomic E-state index is 12.8. The first kappa shape index (κ1) is 14.8. The minimum atomic E-state index is 0.184. The van der Waals surface area contributed by atoms with Crippen LogP contribution in [0, 0.1) is 10.5 Å². The second kappa shape index (κ2) is 6.70. The molecule has 1 atom stereocenters. The van der Waals surface area contributed by atoms with Crippen molar-refractivity contribution in [2.75, 3.05) is 19.6 Å². The van der Waals surface area contributed by atoms with Gasteiger partial charge in [0.05, 0.1) is 5.56 Å². The number of carbonyl (C=O) groups excluding carboxylic acids is 1. The molecule has 2 rings (SSSR count). The molecule has 1 saturated heterocycles. The average molecular weight is 372 g/mol. The van der Waals surface area contributed by atoms with E-state index in [4.69, 9.17) is 0 Å². The van der Waals surface area contributed by atoms with E-state index in [1.165, 1.54) is 0 Å². The van der Waals surface area contributed by atoms with Crippen molar-refractivity contribution < 1.29 is 4.79 Å². The molecule has 0 aromatic heterocycles. The minimum Gasteiger partial charge on any atom is -0.334 e. The maximum Gasteiger partial charge on any atom is 0.255 e. The molecule has 104 valence electrons. The highest BCUT2D eigenvalue weighted by molar-refractivity contribution is 14.1. The fourth-order valence-corrected chi connectivity index (χ4v) is 3.12. The SMILES string of the molecule is CCCN(C(=O)c1cc(C)ccc1I)C1CCNC1. The highest BCUT2D eigenvalue weighted by Crippen LogP contribution is 2.19. The zero-order valence-corrected chi connectivity index (χ0v) is 13.7. The van der Waals surface area contributed by atoms with Crippen molar-refractivity contribution in [3.8, 4) is 0 Å². The van der Waals surface area contributed by atoms with Crippen molar-refractivity contribution in [1.29, 1.82) is 0 Å². The molecule has 19 heavy (non-hydrogen) atoms. The van der Waals surface area contributed by atoms with Crippen LogP contribution in [0.1, 0.15) is 35.7 Å². The lowest BCUT2D eigenvalue weighted by atomic mass is 10.1. The molecule has 1 aliphatic rings. The lowest BCUT2D eigenvalue weighted by Gasteiger charge is -2.28. The topological polar surface area (TPSA) is 32.3 Å². The van der Waals surface area contributed by atoms with Crippen LogP contribution in [0.25, 0.3) is 0 Å². The summed E-state index contributed by atoms with van der Waals surface area (Å²) in [7, 11) is 0. The lowest BCUT2D eigenvalue weighted by Crippen LogP contribution is -2.42. The maximum absolute atomic E-state index is 12.8. The molecule has 1 aliphatic heterocycles. The third-order valence-electron chi connectivity index (χ3n) is 3.55. The summed E-state index contributed by atoms with van der Waals surface area (Å²) in [6.07, 6.45) is 2.07. The number of nitrogens with zero attached hydrogens (tertiary/aromatic N) is 1. The van der Waals surface area contributed by atoms with Crippen molar-refractivity contribution in [1.82, 2.24) is 10.2 Å². The van der Waals surface area contributed by atoms with Crippen molar-refractivity contribution in [2.45, 2.75) is 32.7 Å². The molecule has 3 nitrogen and oxygen atoms in total. The predicted molar refractivity (Wildman–Crippen MR) is 86.5 cm³/mol. The number of hydrogen-bond acceptors (Lipinski definition) is 2. The van der Waals surface area contributed by atoms with Crippen LogP contribution in [0.5, 0.6) is 0 Å². The van der Waals surface area contributed by atoms with Gasteiger partial charge in [0.2, 0.25) is 0 Å². The highest BCUT2D eigenvalue weighted by atomic mass is 127. The van der Waals surface area contributed by atoms with E-state index in [1.54, 1.807) is 0 Å². The normalized spacial score (nSPS) is 18.6. The molecule has 0 spiro atoms. The van der Waals surface area contributed by atoms with E-state index < -0.39 is 0 Å². The number of halogens is 1. The van der Waals surface area contributed by atoms with Crippen molar-refractivity contribution in [3.63, 3.8) is 0 Å². The Hall–Kier alpha value is -0.620. The molecule has 1 fully saturated rings. The van der Waals surface area contributed by atoms with E-state index in [0.29, 0.717) is 6.04 Å². The largest absolute Gasteiger partial charge is 0.334 e. The molecule has 1 N–H and O–H groups in total. The standard InChI is InChI=1S/C15H21IN2O/c1-3-8-18(12-6-7-17-10-12)15(19)13-9-11(2)4-5-14(13)16/h4-5,9,12,17H,3,6-8,10H2,1-2H3. The first-order valence-corrected chi connectivity index (χ1v) is 7.99. The molecule has 0 bridgehead atoms. The zero-order valence-electron chi connectivity index (χ0n) is 11.6. The van der Waals surface area contributed by atoms with Gasteiger partial charge in [0.25, 0.3) is 5.91 Å². The summed E-state index contributed by atoms with van der Waals surface area (Å²) in [4.78, 5) is 14.8. The van der Waals surface area contributed by atoms with E-state index in [0.717, 1.165) is 47.2 Å². The van der Waals surface area contributed by atoms with Crippen LogP contribution in [-0.4, -0.2) is 36.5 Å². The van der Waals surface area contributed by atoms with Crippen LogP contribution in [0.3, 0.4) is 0 Å². The number of carbonyl (C=O) groups is 1. The fraction of sp³-hybridized carbons (Fsp3) is 0.533. The fourth-order valence-electron chi connectivity index (χ4n) is 2.55. The summed E-state index contributed by atoms with van der Waals surface area (Å²) in [5.41, 5.74) is 1.99. The first-order valence-electron chi connectivity index (χ1n) is 6.91. The van der Waals surface area contributed by atoms with E-state index >= 15 is 0 Å². The molecule has 0 saturated carbocycles. The molecule has 1 amide bonds. The van der Waals surface area contributed by atoms with Gasteiger partial charge in [0.1, 0.15) is 0 Å². The van der Waals surface area contributed by atoms with E-state index in [9.17, 15) is 4.79 Å². The predicted octanol–water partition coefficient (Wildman–Crippen LogP) is 2.81. The van der Waals surface area contributed by atoms with E-state index in [-0.39, 0.29) is 5.91 Å². The van der Waals surface area contributed by atoms with Gasteiger partial charge in [-0.05, 0) is 61.0 Å². The molecule has 1 aromatic carbocycles. The van der Waals surface area contributed by atoms with E-state index in [2.05, 4.69) is 45.8 Å². The Morgan fingerprint density at radius 3 is 2.95 bits per heavy atom. The summed E-state index contributed by atoms with van der Waals surface area (Å²) < 4.78 is 1.04. The molecule has 1 unspecified atom stereocenters. The quantitative estimate of drug-likeness (QED) is 0.825. The third-order valence-corrected chi connectivity index (χ3v) is 4.49. The third kappa shape index (κ3) is 3.48. The van der Waals surface area contributed by atoms with Crippen LogP contribution in [0.15, 0.2) is 18.2 Å². The molecule has 0 aliphatic carbocycles. The summed E-state index contributed by atoms with van der Waals surface area (Å²) >= 11 is 2.25. The molecule has 1 heterocycles. The average Bonchev–Trinajstić information content (AvgIpc) is 2.92. The molecular formula is C15H21IN2O. The number of hydrogen-bond donors (Lipinski definition) is 1. The summed E-state index contributed by atoms with van der Waals surface area (Å²) in [5.74, 6) is 0.184. The summed E-state index contributed by atoms with van der Waals surface area (Å²) in [6, 6.07) is 6.44. The Bertz CT molecular complexity index is 455. The highest BCUT2D eigenvalue weighted by Gasteiger charge is 2.27. The molecule has 4 heteroatoms. The van der Waals surface area contributed by atoms with Crippen molar-refractivity contribution in [2.24, 2.45) is 0 Å². The molecular weight excluding hydrogens is 351 g/mol. The van der Waals surface area contributed by atoms with Crippen molar-refractivity contribution in [3.05, 3.63) is 32.9 Å². The van der Waals surface area contributed by atoms with Gasteiger partial charge in [-0.15, -0.1) is 0 Å².